The third kappa shape index (κ3) is 3.79. The molecule has 5 amide bonds. The normalized spacial score (nSPS) is 13.9. The van der Waals surface area contributed by atoms with Crippen molar-refractivity contribution >= 4 is 29.4 Å². The Bertz CT molecular complexity index is 880. The fraction of sp³-hybridized carbons (Fsp3) is 0.158. The van der Waals surface area contributed by atoms with Gasteiger partial charge in [0.05, 0.1) is 12.8 Å². The highest BCUT2D eigenvalue weighted by Crippen LogP contribution is 2.24. The molecule has 0 radical (unpaired) electrons. The Morgan fingerprint density at radius 3 is 2.26 bits per heavy atom. The molecular formula is C19H17N3O5. The SMILES string of the molecule is COc1ccc(N2C(=O)C(=O)N(CC(=O)NCc3ccccc3)C2=O)cc1. The number of imide groups is 2. The van der Waals surface area contributed by atoms with E-state index in [2.05, 4.69) is 5.32 Å². The number of ether oxygens (including phenoxy) is 1. The molecule has 8 nitrogen and oxygen atoms in total. The lowest BCUT2D eigenvalue weighted by atomic mass is 10.2. The molecule has 27 heavy (non-hydrogen) atoms. The molecule has 1 aliphatic heterocycles. The third-order valence-electron chi connectivity index (χ3n) is 4.02. The van der Waals surface area contributed by atoms with E-state index in [9.17, 15) is 19.2 Å². The van der Waals surface area contributed by atoms with Crippen LogP contribution in [0.1, 0.15) is 5.56 Å². The largest absolute Gasteiger partial charge is 0.497 e. The molecule has 3 rings (SSSR count). The van der Waals surface area contributed by atoms with Crippen molar-refractivity contribution in [1.29, 1.82) is 0 Å². The van der Waals surface area contributed by atoms with Gasteiger partial charge in [0.15, 0.2) is 0 Å². The summed E-state index contributed by atoms with van der Waals surface area (Å²) in [5.41, 5.74) is 1.10. The summed E-state index contributed by atoms with van der Waals surface area (Å²) in [6.07, 6.45) is 0. The summed E-state index contributed by atoms with van der Waals surface area (Å²) in [6.45, 7) is -0.269. The fourth-order valence-corrected chi connectivity index (χ4v) is 2.60. The fourth-order valence-electron chi connectivity index (χ4n) is 2.60. The number of carbonyl (C=O) groups is 4. The summed E-state index contributed by atoms with van der Waals surface area (Å²) in [5, 5.41) is 2.62. The van der Waals surface area contributed by atoms with Gasteiger partial charge in [0.1, 0.15) is 12.3 Å². The molecule has 0 aromatic heterocycles. The molecule has 2 aromatic rings. The van der Waals surface area contributed by atoms with Crippen molar-refractivity contribution in [2.45, 2.75) is 6.54 Å². The van der Waals surface area contributed by atoms with Crippen LogP contribution in [0.25, 0.3) is 0 Å². The maximum absolute atomic E-state index is 12.5. The Hall–Kier alpha value is -3.68. The molecule has 1 N–H and O–H groups in total. The van der Waals surface area contributed by atoms with Gasteiger partial charge in [-0.1, -0.05) is 30.3 Å². The highest BCUT2D eigenvalue weighted by molar-refractivity contribution is 6.53. The molecule has 2 aromatic carbocycles. The first-order chi connectivity index (χ1) is 13.0. The predicted octanol–water partition coefficient (Wildman–Crippen LogP) is 1.31. The maximum Gasteiger partial charge on any atom is 0.339 e. The predicted molar refractivity (Wildman–Crippen MR) is 95.9 cm³/mol. The monoisotopic (exact) mass is 367 g/mol. The molecule has 0 saturated carbocycles. The number of methoxy groups -OCH3 is 1. The van der Waals surface area contributed by atoms with Crippen LogP contribution in [0.2, 0.25) is 0 Å². The van der Waals surface area contributed by atoms with Crippen LogP contribution in [0.5, 0.6) is 5.75 Å². The van der Waals surface area contributed by atoms with Crippen molar-refractivity contribution in [2.75, 3.05) is 18.6 Å². The number of benzene rings is 2. The lowest BCUT2D eigenvalue weighted by molar-refractivity contribution is -0.140. The lowest BCUT2D eigenvalue weighted by Gasteiger charge is -2.15. The van der Waals surface area contributed by atoms with Crippen molar-refractivity contribution in [1.82, 2.24) is 10.2 Å². The van der Waals surface area contributed by atoms with E-state index in [4.69, 9.17) is 4.74 Å². The molecule has 138 valence electrons. The average molecular weight is 367 g/mol. The van der Waals surface area contributed by atoms with E-state index in [1.807, 2.05) is 30.3 Å². The van der Waals surface area contributed by atoms with Crippen LogP contribution in [0.4, 0.5) is 10.5 Å². The number of urea groups is 1. The zero-order valence-corrected chi connectivity index (χ0v) is 14.5. The Morgan fingerprint density at radius 1 is 0.963 bits per heavy atom. The topological polar surface area (TPSA) is 96.0 Å². The first-order valence-electron chi connectivity index (χ1n) is 8.16. The van der Waals surface area contributed by atoms with Gasteiger partial charge in [0.2, 0.25) is 5.91 Å². The smallest absolute Gasteiger partial charge is 0.339 e. The summed E-state index contributed by atoms with van der Waals surface area (Å²) in [4.78, 5) is 50.3. The molecule has 1 aliphatic rings. The summed E-state index contributed by atoms with van der Waals surface area (Å²) in [5.74, 6) is -2.03. The molecule has 0 unspecified atom stereocenters. The van der Waals surface area contributed by atoms with Gasteiger partial charge in [-0.15, -0.1) is 0 Å². The maximum atomic E-state index is 12.5. The van der Waals surface area contributed by atoms with Gasteiger partial charge in [-0.2, -0.15) is 0 Å². The van der Waals surface area contributed by atoms with Crippen LogP contribution in [0, 0.1) is 0 Å². The van der Waals surface area contributed by atoms with Crippen molar-refractivity contribution < 1.29 is 23.9 Å². The quantitative estimate of drug-likeness (QED) is 0.613. The molecule has 1 fully saturated rings. The van der Waals surface area contributed by atoms with Gasteiger partial charge >= 0.3 is 17.8 Å². The zero-order chi connectivity index (χ0) is 19.4. The second kappa shape index (κ2) is 7.69. The number of hydrogen-bond donors (Lipinski definition) is 1. The van der Waals surface area contributed by atoms with E-state index < -0.39 is 30.3 Å². The van der Waals surface area contributed by atoms with Crippen LogP contribution in [0.15, 0.2) is 54.6 Å². The van der Waals surface area contributed by atoms with Gasteiger partial charge in [-0.25, -0.2) is 14.6 Å². The van der Waals surface area contributed by atoms with Crippen LogP contribution in [0.3, 0.4) is 0 Å². The average Bonchev–Trinajstić information content (AvgIpc) is 2.90. The summed E-state index contributed by atoms with van der Waals surface area (Å²) in [6, 6.07) is 14.4. The second-order valence-electron chi connectivity index (χ2n) is 5.77. The van der Waals surface area contributed by atoms with Crippen molar-refractivity contribution in [3.05, 3.63) is 60.2 Å². The van der Waals surface area contributed by atoms with E-state index in [-0.39, 0.29) is 12.2 Å². The third-order valence-corrected chi connectivity index (χ3v) is 4.02. The first-order valence-corrected chi connectivity index (χ1v) is 8.16. The van der Waals surface area contributed by atoms with Crippen LogP contribution in [-0.4, -0.2) is 42.3 Å². The highest BCUT2D eigenvalue weighted by atomic mass is 16.5. The van der Waals surface area contributed by atoms with Crippen molar-refractivity contribution in [3.63, 3.8) is 0 Å². The van der Waals surface area contributed by atoms with Crippen LogP contribution in [-0.2, 0) is 20.9 Å². The van der Waals surface area contributed by atoms with Crippen LogP contribution >= 0.6 is 0 Å². The summed E-state index contributed by atoms with van der Waals surface area (Å²) >= 11 is 0. The van der Waals surface area contributed by atoms with Crippen molar-refractivity contribution in [2.24, 2.45) is 0 Å². The number of rotatable bonds is 6. The van der Waals surface area contributed by atoms with Gasteiger partial charge in [-0.05, 0) is 29.8 Å². The lowest BCUT2D eigenvalue weighted by Crippen LogP contribution is -2.41. The zero-order valence-electron chi connectivity index (χ0n) is 14.5. The number of nitrogens with zero attached hydrogens (tertiary/aromatic N) is 2. The standard InChI is InChI=1S/C19H17N3O5/c1-27-15-9-7-14(8-10-15)22-18(25)17(24)21(19(22)26)12-16(23)20-11-13-5-3-2-4-6-13/h2-10H,11-12H2,1H3,(H,20,23). The number of nitrogens with one attached hydrogen (secondary N) is 1. The highest BCUT2D eigenvalue weighted by Gasteiger charge is 2.46. The number of carbonyl (C=O) groups excluding carboxylic acids is 4. The van der Waals surface area contributed by atoms with Gasteiger partial charge in [0.25, 0.3) is 0 Å². The second-order valence-corrected chi connectivity index (χ2v) is 5.77. The number of amides is 5. The molecule has 1 saturated heterocycles. The molecule has 0 atom stereocenters. The first kappa shape index (κ1) is 18.1. The summed E-state index contributed by atoms with van der Waals surface area (Å²) < 4.78 is 5.03. The van der Waals surface area contributed by atoms with E-state index in [0.717, 1.165) is 10.5 Å². The molecule has 0 bridgehead atoms. The van der Waals surface area contributed by atoms with E-state index >= 15 is 0 Å². The van der Waals surface area contributed by atoms with Crippen LogP contribution < -0.4 is 15.0 Å². The van der Waals surface area contributed by atoms with Gasteiger partial charge in [0, 0.05) is 6.54 Å². The Labute approximate surface area is 155 Å². The van der Waals surface area contributed by atoms with Gasteiger partial charge < -0.3 is 10.1 Å². The molecular weight excluding hydrogens is 350 g/mol. The van der Waals surface area contributed by atoms with Gasteiger partial charge in [-0.3, -0.25) is 14.4 Å². The minimum atomic E-state index is -1.04. The Morgan fingerprint density at radius 2 is 1.63 bits per heavy atom. The number of hydrogen-bond acceptors (Lipinski definition) is 5. The van der Waals surface area contributed by atoms with E-state index in [1.54, 1.807) is 12.1 Å². The molecule has 8 heteroatoms. The Balaban J connectivity index is 1.67. The Kier molecular flexibility index (Phi) is 5.16. The minimum Gasteiger partial charge on any atom is -0.497 e. The molecule has 0 spiro atoms. The van der Waals surface area contributed by atoms with E-state index in [1.165, 1.54) is 19.2 Å². The minimum absolute atomic E-state index is 0.228. The summed E-state index contributed by atoms with van der Waals surface area (Å²) in [7, 11) is 1.49. The van der Waals surface area contributed by atoms with E-state index in [0.29, 0.717) is 10.6 Å². The van der Waals surface area contributed by atoms with Crippen molar-refractivity contribution in [3.8, 4) is 5.75 Å². The molecule has 0 aliphatic carbocycles. The molecule has 1 heterocycles. The number of anilines is 1.